The largest absolute Gasteiger partial charge is 0.352 e. The third-order valence-corrected chi connectivity index (χ3v) is 8.34. The summed E-state index contributed by atoms with van der Waals surface area (Å²) < 4.78 is 42.9. The maximum atomic E-state index is 14.9. The van der Waals surface area contributed by atoms with Crippen LogP contribution in [0.4, 0.5) is 10.1 Å². The van der Waals surface area contributed by atoms with E-state index in [0.29, 0.717) is 17.0 Å². The van der Waals surface area contributed by atoms with Crippen LogP contribution in [0, 0.1) is 5.82 Å². The molecule has 3 rings (SSSR count). The van der Waals surface area contributed by atoms with Gasteiger partial charge in [0.1, 0.15) is 18.4 Å². The van der Waals surface area contributed by atoms with E-state index < -0.39 is 40.2 Å². The maximum Gasteiger partial charge on any atom is 0.264 e. The Morgan fingerprint density at radius 3 is 2.18 bits per heavy atom. The zero-order chi connectivity index (χ0) is 27.9. The summed E-state index contributed by atoms with van der Waals surface area (Å²) in [5, 5.41) is 3.25. The second kappa shape index (κ2) is 12.9. The van der Waals surface area contributed by atoms with Gasteiger partial charge in [0, 0.05) is 17.6 Å². The molecule has 0 aliphatic carbocycles. The number of carbonyl (C=O) groups excluding carboxylic acids is 2. The average Bonchev–Trinajstić information content (AvgIpc) is 2.91. The van der Waals surface area contributed by atoms with E-state index in [1.807, 2.05) is 13.8 Å². The fourth-order valence-electron chi connectivity index (χ4n) is 3.75. The minimum absolute atomic E-state index is 0.0515. The predicted molar refractivity (Wildman–Crippen MR) is 147 cm³/mol. The summed E-state index contributed by atoms with van der Waals surface area (Å²) in [6.07, 6.45) is 0.688. The van der Waals surface area contributed by atoms with Crippen LogP contribution < -0.4 is 9.62 Å². The number of carbonyl (C=O) groups is 2. The monoisotopic (exact) mass is 559 g/mol. The van der Waals surface area contributed by atoms with Crippen molar-refractivity contribution in [2.24, 2.45) is 0 Å². The minimum Gasteiger partial charge on any atom is -0.352 e. The molecule has 2 amide bonds. The average molecular weight is 560 g/mol. The van der Waals surface area contributed by atoms with E-state index in [4.69, 9.17) is 11.6 Å². The number of benzene rings is 3. The Morgan fingerprint density at radius 2 is 1.55 bits per heavy atom. The number of anilines is 1. The van der Waals surface area contributed by atoms with Crippen molar-refractivity contribution in [2.75, 3.05) is 10.8 Å². The van der Waals surface area contributed by atoms with Gasteiger partial charge in [-0.25, -0.2) is 12.8 Å². The van der Waals surface area contributed by atoms with Crippen LogP contribution >= 0.6 is 11.6 Å². The van der Waals surface area contributed by atoms with E-state index in [9.17, 15) is 22.4 Å². The molecule has 0 saturated heterocycles. The number of para-hydroxylation sites is 1. The first-order chi connectivity index (χ1) is 18.1. The number of halogens is 2. The van der Waals surface area contributed by atoms with Gasteiger partial charge in [0.2, 0.25) is 11.8 Å². The number of nitrogens with one attached hydrogen (secondary N) is 1. The Hall–Kier alpha value is -3.43. The molecule has 0 aromatic heterocycles. The van der Waals surface area contributed by atoms with Gasteiger partial charge in [0.15, 0.2) is 0 Å². The first-order valence-corrected chi connectivity index (χ1v) is 14.0. The molecule has 1 N–H and O–H groups in total. The molecule has 3 aromatic rings. The van der Waals surface area contributed by atoms with Crippen LogP contribution in [0.3, 0.4) is 0 Å². The van der Waals surface area contributed by atoms with E-state index in [0.717, 1.165) is 10.4 Å². The standard InChI is InChI=1S/C28H31ClFN3O4S/c1-4-20(2)31-28(35)21(3)32(18-22-12-8-9-15-24(22)29)27(34)19-33(26-17-11-10-16-25(26)30)38(36,37)23-13-6-5-7-14-23/h5-17,20-21H,4,18-19H2,1-3H3,(H,31,35)/t20-,21-/m1/s1. The molecule has 10 heteroatoms. The fourth-order valence-corrected chi connectivity index (χ4v) is 5.38. The van der Waals surface area contributed by atoms with Crippen LogP contribution in [0.1, 0.15) is 32.8 Å². The maximum absolute atomic E-state index is 14.9. The van der Waals surface area contributed by atoms with Gasteiger partial charge in [-0.1, -0.05) is 67.1 Å². The molecule has 0 aliphatic rings. The van der Waals surface area contributed by atoms with Gasteiger partial charge in [-0.15, -0.1) is 0 Å². The lowest BCUT2D eigenvalue weighted by atomic mass is 10.1. The molecular weight excluding hydrogens is 529 g/mol. The Kier molecular flexibility index (Phi) is 9.88. The van der Waals surface area contributed by atoms with Crippen LogP contribution in [-0.4, -0.2) is 43.8 Å². The van der Waals surface area contributed by atoms with Gasteiger partial charge >= 0.3 is 0 Å². The van der Waals surface area contributed by atoms with Crippen molar-refractivity contribution in [1.29, 1.82) is 0 Å². The lowest BCUT2D eigenvalue weighted by molar-refractivity contribution is -0.139. The fraction of sp³-hybridized carbons (Fsp3) is 0.286. The molecule has 38 heavy (non-hydrogen) atoms. The molecular formula is C28H31ClFN3O4S. The summed E-state index contributed by atoms with van der Waals surface area (Å²) in [5.41, 5.74) is 0.299. The van der Waals surface area contributed by atoms with E-state index in [1.165, 1.54) is 35.2 Å². The van der Waals surface area contributed by atoms with Gasteiger partial charge < -0.3 is 10.2 Å². The van der Waals surface area contributed by atoms with Crippen LogP contribution in [0.15, 0.2) is 83.8 Å². The quantitative estimate of drug-likeness (QED) is 0.358. The van der Waals surface area contributed by atoms with Gasteiger partial charge in [0.05, 0.1) is 10.6 Å². The molecule has 0 saturated carbocycles. The molecule has 0 heterocycles. The number of hydrogen-bond acceptors (Lipinski definition) is 4. The molecule has 0 fully saturated rings. The summed E-state index contributed by atoms with van der Waals surface area (Å²) in [7, 11) is -4.34. The topological polar surface area (TPSA) is 86.8 Å². The van der Waals surface area contributed by atoms with Crippen molar-refractivity contribution in [1.82, 2.24) is 10.2 Å². The minimum atomic E-state index is -4.34. The smallest absolute Gasteiger partial charge is 0.264 e. The zero-order valence-electron chi connectivity index (χ0n) is 21.5. The van der Waals surface area contributed by atoms with Gasteiger partial charge in [0.25, 0.3) is 10.0 Å². The number of nitrogens with zero attached hydrogens (tertiary/aromatic N) is 2. The Bertz CT molecular complexity index is 1370. The SMILES string of the molecule is CC[C@@H](C)NC(=O)[C@@H](C)N(Cc1ccccc1Cl)C(=O)CN(c1ccccc1F)S(=O)(=O)c1ccccc1. The van der Waals surface area contributed by atoms with Crippen LogP contribution in [0.5, 0.6) is 0 Å². The summed E-state index contributed by atoms with van der Waals surface area (Å²) >= 11 is 6.34. The van der Waals surface area contributed by atoms with Gasteiger partial charge in [-0.05, 0) is 56.2 Å². The van der Waals surface area contributed by atoms with Crippen molar-refractivity contribution in [3.8, 4) is 0 Å². The predicted octanol–water partition coefficient (Wildman–Crippen LogP) is 5.01. The lowest BCUT2D eigenvalue weighted by Gasteiger charge is -2.32. The summed E-state index contributed by atoms with van der Waals surface area (Å²) in [6.45, 7) is 4.54. The lowest BCUT2D eigenvalue weighted by Crippen LogP contribution is -2.52. The highest BCUT2D eigenvalue weighted by Crippen LogP contribution is 2.27. The number of amides is 2. The van der Waals surface area contributed by atoms with Crippen molar-refractivity contribution in [3.63, 3.8) is 0 Å². The molecule has 2 atom stereocenters. The summed E-state index contributed by atoms with van der Waals surface area (Å²) in [5.74, 6) is -1.90. The third-order valence-electron chi connectivity index (χ3n) is 6.20. The zero-order valence-corrected chi connectivity index (χ0v) is 23.0. The van der Waals surface area contributed by atoms with E-state index in [-0.39, 0.29) is 23.2 Å². The Balaban J connectivity index is 2.04. The van der Waals surface area contributed by atoms with Crippen molar-refractivity contribution in [2.45, 2.75) is 50.7 Å². The second-order valence-corrected chi connectivity index (χ2v) is 11.2. The number of hydrogen-bond donors (Lipinski definition) is 1. The van der Waals surface area contributed by atoms with Gasteiger partial charge in [-0.2, -0.15) is 0 Å². The molecule has 0 bridgehead atoms. The first-order valence-electron chi connectivity index (χ1n) is 12.2. The highest BCUT2D eigenvalue weighted by Gasteiger charge is 2.34. The van der Waals surface area contributed by atoms with Crippen LogP contribution in [0.25, 0.3) is 0 Å². The number of rotatable bonds is 11. The molecule has 0 radical (unpaired) electrons. The van der Waals surface area contributed by atoms with Crippen molar-refractivity contribution >= 4 is 39.1 Å². The second-order valence-electron chi connectivity index (χ2n) is 8.88. The van der Waals surface area contributed by atoms with Crippen LogP contribution in [0.2, 0.25) is 5.02 Å². The summed E-state index contributed by atoms with van der Waals surface area (Å²) in [4.78, 5) is 28.0. The van der Waals surface area contributed by atoms with Crippen LogP contribution in [-0.2, 0) is 26.2 Å². The number of sulfonamides is 1. The van der Waals surface area contributed by atoms with Crippen molar-refractivity contribution in [3.05, 3.63) is 95.3 Å². The van der Waals surface area contributed by atoms with Crippen molar-refractivity contribution < 1.29 is 22.4 Å². The normalized spacial score (nSPS) is 12.9. The molecule has 202 valence electrons. The molecule has 0 spiro atoms. The summed E-state index contributed by atoms with van der Waals surface area (Å²) in [6, 6.07) is 18.6. The van der Waals surface area contributed by atoms with E-state index >= 15 is 0 Å². The molecule has 3 aromatic carbocycles. The van der Waals surface area contributed by atoms with E-state index in [2.05, 4.69) is 5.32 Å². The first kappa shape index (κ1) is 29.1. The van der Waals surface area contributed by atoms with E-state index in [1.54, 1.807) is 49.4 Å². The highest BCUT2D eigenvalue weighted by atomic mass is 35.5. The molecule has 0 unspecified atom stereocenters. The Labute approximate surface area is 228 Å². The van der Waals surface area contributed by atoms with Gasteiger partial charge in [-0.3, -0.25) is 13.9 Å². The highest BCUT2D eigenvalue weighted by molar-refractivity contribution is 7.92. The third kappa shape index (κ3) is 6.90. The Morgan fingerprint density at radius 1 is 0.947 bits per heavy atom. The molecule has 7 nitrogen and oxygen atoms in total. The molecule has 0 aliphatic heterocycles.